The van der Waals surface area contributed by atoms with Crippen LogP contribution in [0, 0.1) is 5.41 Å². The molecule has 1 aliphatic carbocycles. The monoisotopic (exact) mass is 226 g/mol. The Balaban J connectivity index is 1.71. The molecule has 84 valence electrons. The Morgan fingerprint density at radius 1 is 1.60 bits per heavy atom. The van der Waals surface area contributed by atoms with E-state index in [9.17, 15) is 0 Å². The van der Waals surface area contributed by atoms with Crippen LogP contribution in [0.25, 0.3) is 0 Å². The Morgan fingerprint density at radius 2 is 2.47 bits per heavy atom. The number of rotatable bonds is 7. The third kappa shape index (κ3) is 3.26. The van der Waals surface area contributed by atoms with Crippen LogP contribution in [0.1, 0.15) is 18.5 Å². The zero-order valence-electron chi connectivity index (χ0n) is 9.16. The molecule has 15 heavy (non-hydrogen) atoms. The Labute approximate surface area is 94.9 Å². The topological polar surface area (TPSA) is 34.1 Å². The highest BCUT2D eigenvalue weighted by Crippen LogP contribution is 2.47. The van der Waals surface area contributed by atoms with Gasteiger partial charge in [-0.15, -0.1) is 11.3 Å². The first-order valence-corrected chi connectivity index (χ1v) is 6.36. The van der Waals surface area contributed by atoms with Crippen LogP contribution in [0.15, 0.2) is 10.9 Å². The summed E-state index contributed by atoms with van der Waals surface area (Å²) in [6, 6.07) is 0. The summed E-state index contributed by atoms with van der Waals surface area (Å²) in [6.45, 7) is 2.86. The van der Waals surface area contributed by atoms with Crippen LogP contribution in [-0.4, -0.2) is 31.8 Å². The number of ether oxygens (including phenoxy) is 1. The van der Waals surface area contributed by atoms with Crippen molar-refractivity contribution in [1.82, 2.24) is 10.3 Å². The van der Waals surface area contributed by atoms with Crippen LogP contribution in [-0.2, 0) is 11.2 Å². The summed E-state index contributed by atoms with van der Waals surface area (Å²) in [4.78, 5) is 4.35. The van der Waals surface area contributed by atoms with Gasteiger partial charge in [0.1, 0.15) is 0 Å². The molecular weight excluding hydrogens is 208 g/mol. The minimum atomic E-state index is 0.502. The summed E-state index contributed by atoms with van der Waals surface area (Å²) in [7, 11) is 1.74. The number of aromatic nitrogens is 1. The summed E-state index contributed by atoms with van der Waals surface area (Å²) < 4.78 is 5.01. The maximum atomic E-state index is 5.01. The number of methoxy groups -OCH3 is 1. The van der Waals surface area contributed by atoms with Gasteiger partial charge in [0, 0.05) is 25.6 Å². The first-order valence-electron chi connectivity index (χ1n) is 5.41. The average Bonchev–Trinajstić information content (AvgIpc) is 2.79. The molecule has 3 nitrogen and oxygen atoms in total. The largest absolute Gasteiger partial charge is 0.383 e. The highest BCUT2D eigenvalue weighted by atomic mass is 32.1. The number of hydrogen-bond acceptors (Lipinski definition) is 4. The van der Waals surface area contributed by atoms with E-state index in [4.69, 9.17) is 4.74 Å². The fraction of sp³-hybridized carbons (Fsp3) is 0.727. The van der Waals surface area contributed by atoms with E-state index in [1.807, 2.05) is 5.51 Å². The standard InChI is InChI=1S/C11H18N2OS/c1-14-5-4-12-8-11(2-3-11)6-10-7-15-9-13-10/h7,9,12H,2-6,8H2,1H3. The van der Waals surface area contributed by atoms with Gasteiger partial charge in [0.2, 0.25) is 0 Å². The molecule has 1 fully saturated rings. The van der Waals surface area contributed by atoms with Gasteiger partial charge in [0.15, 0.2) is 0 Å². The number of nitrogens with zero attached hydrogens (tertiary/aromatic N) is 1. The zero-order valence-corrected chi connectivity index (χ0v) is 9.98. The molecule has 0 atom stereocenters. The van der Waals surface area contributed by atoms with E-state index in [1.54, 1.807) is 18.4 Å². The van der Waals surface area contributed by atoms with Crippen molar-refractivity contribution >= 4 is 11.3 Å². The van der Waals surface area contributed by atoms with E-state index in [0.717, 1.165) is 26.1 Å². The Kier molecular flexibility index (Phi) is 3.72. The predicted octanol–water partition coefficient (Wildman–Crippen LogP) is 1.70. The third-order valence-corrected chi connectivity index (χ3v) is 3.61. The Morgan fingerprint density at radius 3 is 3.07 bits per heavy atom. The summed E-state index contributed by atoms with van der Waals surface area (Å²) >= 11 is 1.69. The van der Waals surface area contributed by atoms with Crippen molar-refractivity contribution < 1.29 is 4.74 Å². The van der Waals surface area contributed by atoms with Crippen LogP contribution >= 0.6 is 11.3 Å². The first kappa shape index (κ1) is 11.0. The minimum Gasteiger partial charge on any atom is -0.383 e. The Hall–Kier alpha value is -0.450. The van der Waals surface area contributed by atoms with Crippen molar-refractivity contribution in [2.45, 2.75) is 19.3 Å². The van der Waals surface area contributed by atoms with E-state index in [2.05, 4.69) is 15.7 Å². The maximum absolute atomic E-state index is 5.01. The van der Waals surface area contributed by atoms with E-state index < -0.39 is 0 Å². The van der Waals surface area contributed by atoms with Crippen LogP contribution in [0.4, 0.5) is 0 Å². The maximum Gasteiger partial charge on any atom is 0.0794 e. The third-order valence-electron chi connectivity index (χ3n) is 2.98. The van der Waals surface area contributed by atoms with Gasteiger partial charge >= 0.3 is 0 Å². The van der Waals surface area contributed by atoms with Crippen molar-refractivity contribution in [3.8, 4) is 0 Å². The molecule has 1 aliphatic rings. The number of thiazole rings is 1. The Bertz CT molecular complexity index is 283. The SMILES string of the molecule is COCCNCC1(Cc2cscn2)CC1. The van der Waals surface area contributed by atoms with Crippen LogP contribution in [0.5, 0.6) is 0 Å². The molecule has 1 saturated carbocycles. The molecule has 1 N–H and O–H groups in total. The molecule has 0 unspecified atom stereocenters. The zero-order chi connectivity index (χ0) is 10.6. The smallest absolute Gasteiger partial charge is 0.0794 e. The van der Waals surface area contributed by atoms with Crippen molar-refractivity contribution in [3.05, 3.63) is 16.6 Å². The second-order valence-corrected chi connectivity index (χ2v) is 5.04. The molecule has 0 radical (unpaired) electrons. The summed E-state index contributed by atoms with van der Waals surface area (Å²) in [6.07, 6.45) is 3.81. The molecule has 0 saturated heterocycles. The van der Waals surface area contributed by atoms with E-state index in [0.29, 0.717) is 5.41 Å². The average molecular weight is 226 g/mol. The molecule has 0 bridgehead atoms. The van der Waals surface area contributed by atoms with Crippen molar-refractivity contribution in [2.75, 3.05) is 26.8 Å². The lowest BCUT2D eigenvalue weighted by Gasteiger charge is -2.14. The molecule has 0 amide bonds. The van der Waals surface area contributed by atoms with Gasteiger partial charge in [0.05, 0.1) is 17.8 Å². The lowest BCUT2D eigenvalue weighted by Crippen LogP contribution is -2.28. The van der Waals surface area contributed by atoms with Gasteiger partial charge in [-0.2, -0.15) is 0 Å². The quantitative estimate of drug-likeness (QED) is 0.719. The van der Waals surface area contributed by atoms with E-state index in [-0.39, 0.29) is 0 Å². The first-order chi connectivity index (χ1) is 7.35. The highest BCUT2D eigenvalue weighted by molar-refractivity contribution is 7.07. The molecular formula is C11H18N2OS. The van der Waals surface area contributed by atoms with E-state index in [1.165, 1.54) is 18.5 Å². The normalized spacial score (nSPS) is 17.9. The van der Waals surface area contributed by atoms with Crippen molar-refractivity contribution in [1.29, 1.82) is 0 Å². The van der Waals surface area contributed by atoms with Gasteiger partial charge in [0.25, 0.3) is 0 Å². The molecule has 0 aliphatic heterocycles. The van der Waals surface area contributed by atoms with Gasteiger partial charge in [-0.25, -0.2) is 4.98 Å². The van der Waals surface area contributed by atoms with Crippen LogP contribution < -0.4 is 5.32 Å². The fourth-order valence-corrected chi connectivity index (χ4v) is 2.39. The van der Waals surface area contributed by atoms with Gasteiger partial charge in [-0.05, 0) is 24.7 Å². The molecule has 0 aromatic carbocycles. The molecule has 2 rings (SSSR count). The summed E-state index contributed by atoms with van der Waals surface area (Å²) in [5.74, 6) is 0. The van der Waals surface area contributed by atoms with E-state index >= 15 is 0 Å². The molecule has 1 aromatic rings. The second kappa shape index (κ2) is 5.05. The molecule has 1 aromatic heterocycles. The van der Waals surface area contributed by atoms with Gasteiger partial charge in [-0.1, -0.05) is 0 Å². The molecule has 1 heterocycles. The summed E-state index contributed by atoms with van der Waals surface area (Å²) in [5, 5.41) is 5.61. The molecule has 0 spiro atoms. The number of hydrogen-bond donors (Lipinski definition) is 1. The second-order valence-electron chi connectivity index (χ2n) is 4.33. The van der Waals surface area contributed by atoms with Crippen LogP contribution in [0.3, 0.4) is 0 Å². The van der Waals surface area contributed by atoms with Gasteiger partial charge in [-0.3, -0.25) is 0 Å². The van der Waals surface area contributed by atoms with Crippen molar-refractivity contribution in [2.24, 2.45) is 5.41 Å². The van der Waals surface area contributed by atoms with Crippen LogP contribution in [0.2, 0.25) is 0 Å². The number of nitrogens with one attached hydrogen (secondary N) is 1. The minimum absolute atomic E-state index is 0.502. The lowest BCUT2D eigenvalue weighted by atomic mass is 10.0. The van der Waals surface area contributed by atoms with Crippen molar-refractivity contribution in [3.63, 3.8) is 0 Å². The van der Waals surface area contributed by atoms with Gasteiger partial charge < -0.3 is 10.1 Å². The summed E-state index contributed by atoms with van der Waals surface area (Å²) in [5.41, 5.74) is 3.68. The molecule has 4 heteroatoms. The highest BCUT2D eigenvalue weighted by Gasteiger charge is 2.42. The fourth-order valence-electron chi connectivity index (χ4n) is 1.83. The lowest BCUT2D eigenvalue weighted by molar-refractivity contribution is 0.197. The predicted molar refractivity (Wildman–Crippen MR) is 62.2 cm³/mol.